The number of hydrogen-bond donors (Lipinski definition) is 1. The monoisotopic (exact) mass is 494 g/mol. The highest BCUT2D eigenvalue weighted by atomic mass is 35.5. The SMILES string of the molecule is O=C(Nc1ncc(Cl)s1)C(CC1CCOCC1)n1ncc2ccc(S(=O)(=O)C3CC3)cc21. The molecule has 11 heteroatoms. The Balaban J connectivity index is 1.51. The number of benzene rings is 1. The quantitative estimate of drug-likeness (QED) is 0.530. The Labute approximate surface area is 194 Å². The van der Waals surface area contributed by atoms with Crippen LogP contribution in [-0.2, 0) is 19.4 Å². The summed E-state index contributed by atoms with van der Waals surface area (Å²) in [6, 6.07) is 4.43. The Morgan fingerprint density at radius 2 is 2.03 bits per heavy atom. The third kappa shape index (κ3) is 4.41. The van der Waals surface area contributed by atoms with Crippen LogP contribution in [0.1, 0.15) is 38.1 Å². The van der Waals surface area contributed by atoms with Crippen LogP contribution < -0.4 is 5.32 Å². The normalized spacial score (nSPS) is 18.7. The van der Waals surface area contributed by atoms with Crippen LogP contribution in [0.2, 0.25) is 4.34 Å². The second-order valence-electron chi connectivity index (χ2n) is 8.32. The first-order chi connectivity index (χ1) is 15.4. The maximum absolute atomic E-state index is 13.3. The van der Waals surface area contributed by atoms with Crippen molar-refractivity contribution in [3.05, 3.63) is 34.9 Å². The van der Waals surface area contributed by atoms with E-state index in [0.29, 0.717) is 53.4 Å². The molecule has 1 atom stereocenters. The molecule has 8 nitrogen and oxygen atoms in total. The van der Waals surface area contributed by atoms with Gasteiger partial charge >= 0.3 is 0 Å². The number of fused-ring (bicyclic) bond motifs is 1. The Hall–Kier alpha value is -2.01. The molecule has 1 aromatic carbocycles. The molecule has 0 radical (unpaired) electrons. The zero-order valence-electron chi connectivity index (χ0n) is 17.2. The van der Waals surface area contributed by atoms with Crippen molar-refractivity contribution in [3.63, 3.8) is 0 Å². The van der Waals surface area contributed by atoms with Gasteiger partial charge in [-0.25, -0.2) is 13.4 Å². The molecule has 1 aliphatic heterocycles. The summed E-state index contributed by atoms with van der Waals surface area (Å²) in [5, 5.41) is 8.27. The number of carbonyl (C=O) groups is 1. The van der Waals surface area contributed by atoms with Gasteiger partial charge < -0.3 is 10.1 Å². The third-order valence-electron chi connectivity index (χ3n) is 6.06. The summed E-state index contributed by atoms with van der Waals surface area (Å²) in [5.41, 5.74) is 0.635. The number of aromatic nitrogens is 3. The molecule has 1 saturated carbocycles. The number of thiazole rings is 1. The number of amides is 1. The van der Waals surface area contributed by atoms with Crippen molar-refractivity contribution in [2.75, 3.05) is 18.5 Å². The topological polar surface area (TPSA) is 103 Å². The summed E-state index contributed by atoms with van der Waals surface area (Å²) in [6.45, 7) is 1.34. The summed E-state index contributed by atoms with van der Waals surface area (Å²) in [7, 11) is -3.35. The lowest BCUT2D eigenvalue weighted by Crippen LogP contribution is -2.30. The van der Waals surface area contributed by atoms with Crippen LogP contribution in [-0.4, -0.2) is 47.6 Å². The Bertz CT molecular complexity index is 1250. The standard InChI is InChI=1S/C21H23ClN4O4S2/c22-19-12-23-21(31-19)25-20(27)18(9-13-5-7-30-8-6-13)26-17-10-16(2-1-14(17)11-24-26)32(28,29)15-3-4-15/h1-2,10-13,15,18H,3-9H2,(H,23,25,27). The molecule has 5 rings (SSSR count). The number of sulfone groups is 1. The molecule has 1 unspecified atom stereocenters. The van der Waals surface area contributed by atoms with Crippen molar-refractivity contribution in [1.82, 2.24) is 14.8 Å². The first-order valence-corrected chi connectivity index (χ1v) is 13.4. The van der Waals surface area contributed by atoms with E-state index in [-0.39, 0.29) is 16.1 Å². The fourth-order valence-electron chi connectivity index (χ4n) is 4.13. The Kier molecular flexibility index (Phi) is 5.96. The molecule has 170 valence electrons. The molecule has 0 bridgehead atoms. The number of nitrogens with one attached hydrogen (secondary N) is 1. The number of hydrogen-bond acceptors (Lipinski definition) is 7. The van der Waals surface area contributed by atoms with Gasteiger partial charge in [0, 0.05) is 18.6 Å². The van der Waals surface area contributed by atoms with Crippen LogP contribution in [0.25, 0.3) is 10.9 Å². The molecule has 2 aliphatic rings. The molecular formula is C21H23ClN4O4S2. The molecule has 1 amide bonds. The minimum absolute atomic E-state index is 0.247. The molecule has 1 N–H and O–H groups in total. The zero-order chi connectivity index (χ0) is 22.3. The number of nitrogens with zero attached hydrogens (tertiary/aromatic N) is 3. The predicted octanol–water partition coefficient (Wildman–Crippen LogP) is 4.08. The highest BCUT2D eigenvalue weighted by Gasteiger charge is 2.37. The molecule has 2 aromatic heterocycles. The summed E-state index contributed by atoms with van der Waals surface area (Å²) >= 11 is 7.15. The van der Waals surface area contributed by atoms with Gasteiger partial charge in [-0.1, -0.05) is 22.9 Å². The fourth-order valence-corrected chi connectivity index (χ4v) is 6.62. The maximum atomic E-state index is 13.3. The number of carbonyl (C=O) groups excluding carboxylic acids is 1. The molecule has 1 aliphatic carbocycles. The summed E-state index contributed by atoms with van der Waals surface area (Å²) in [6.07, 6.45) is 6.88. The molecule has 1 saturated heterocycles. The number of anilines is 1. The van der Waals surface area contributed by atoms with Gasteiger partial charge in [0.05, 0.1) is 28.1 Å². The maximum Gasteiger partial charge on any atom is 0.251 e. The van der Waals surface area contributed by atoms with Crippen molar-refractivity contribution in [2.24, 2.45) is 5.92 Å². The molecule has 2 fully saturated rings. The minimum Gasteiger partial charge on any atom is -0.381 e. The van der Waals surface area contributed by atoms with E-state index < -0.39 is 15.9 Å². The van der Waals surface area contributed by atoms with E-state index in [1.807, 2.05) is 0 Å². The summed E-state index contributed by atoms with van der Waals surface area (Å²) in [5.74, 6) is 0.0555. The van der Waals surface area contributed by atoms with Crippen LogP contribution >= 0.6 is 22.9 Å². The lowest BCUT2D eigenvalue weighted by Gasteiger charge is -2.26. The van der Waals surface area contributed by atoms with Gasteiger partial charge in [-0.15, -0.1) is 0 Å². The average Bonchev–Trinajstić information content (AvgIpc) is 3.46. The van der Waals surface area contributed by atoms with E-state index in [9.17, 15) is 13.2 Å². The number of rotatable bonds is 7. The van der Waals surface area contributed by atoms with E-state index in [4.69, 9.17) is 16.3 Å². The molecule has 32 heavy (non-hydrogen) atoms. The van der Waals surface area contributed by atoms with Crippen LogP contribution in [0.4, 0.5) is 5.13 Å². The first-order valence-electron chi connectivity index (χ1n) is 10.6. The minimum atomic E-state index is -3.35. The average molecular weight is 495 g/mol. The Morgan fingerprint density at radius 3 is 2.72 bits per heavy atom. The van der Waals surface area contributed by atoms with Crippen LogP contribution in [0.3, 0.4) is 0 Å². The molecular weight excluding hydrogens is 472 g/mol. The van der Waals surface area contributed by atoms with Crippen molar-refractivity contribution in [3.8, 4) is 0 Å². The van der Waals surface area contributed by atoms with Gasteiger partial charge in [-0.2, -0.15) is 5.10 Å². The van der Waals surface area contributed by atoms with Gasteiger partial charge in [-0.3, -0.25) is 9.48 Å². The van der Waals surface area contributed by atoms with Gasteiger partial charge in [0.1, 0.15) is 10.4 Å². The lowest BCUT2D eigenvalue weighted by molar-refractivity contribution is -0.120. The lowest BCUT2D eigenvalue weighted by atomic mass is 9.92. The number of halogens is 1. The largest absolute Gasteiger partial charge is 0.381 e. The molecule has 3 heterocycles. The van der Waals surface area contributed by atoms with Crippen molar-refractivity contribution < 1.29 is 17.9 Å². The van der Waals surface area contributed by atoms with Gasteiger partial charge in [0.25, 0.3) is 5.91 Å². The van der Waals surface area contributed by atoms with Gasteiger partial charge in [0.15, 0.2) is 15.0 Å². The molecule has 0 spiro atoms. The van der Waals surface area contributed by atoms with E-state index in [1.165, 1.54) is 17.5 Å². The van der Waals surface area contributed by atoms with E-state index in [1.54, 1.807) is 29.1 Å². The predicted molar refractivity (Wildman–Crippen MR) is 123 cm³/mol. The smallest absolute Gasteiger partial charge is 0.251 e. The highest BCUT2D eigenvalue weighted by molar-refractivity contribution is 7.92. The van der Waals surface area contributed by atoms with Gasteiger partial charge in [-0.05, 0) is 56.2 Å². The summed E-state index contributed by atoms with van der Waals surface area (Å²) < 4.78 is 33.2. The van der Waals surface area contributed by atoms with Crippen LogP contribution in [0, 0.1) is 5.92 Å². The second kappa shape index (κ2) is 8.74. The fraction of sp³-hybridized carbons (Fsp3) is 0.476. The number of ether oxygens (including phenoxy) is 1. The van der Waals surface area contributed by atoms with Crippen molar-refractivity contribution >= 4 is 54.7 Å². The van der Waals surface area contributed by atoms with Crippen molar-refractivity contribution in [2.45, 2.75) is 48.3 Å². The molecule has 3 aromatic rings. The van der Waals surface area contributed by atoms with Crippen LogP contribution in [0.15, 0.2) is 35.5 Å². The van der Waals surface area contributed by atoms with Crippen molar-refractivity contribution in [1.29, 1.82) is 0 Å². The third-order valence-corrected chi connectivity index (χ3v) is 9.35. The zero-order valence-corrected chi connectivity index (χ0v) is 19.6. The van der Waals surface area contributed by atoms with E-state index >= 15 is 0 Å². The second-order valence-corrected chi connectivity index (χ2v) is 12.2. The van der Waals surface area contributed by atoms with E-state index in [2.05, 4.69) is 15.4 Å². The van der Waals surface area contributed by atoms with E-state index in [0.717, 1.165) is 18.2 Å². The summed E-state index contributed by atoms with van der Waals surface area (Å²) in [4.78, 5) is 17.8. The van der Waals surface area contributed by atoms with Crippen LogP contribution in [0.5, 0.6) is 0 Å². The Morgan fingerprint density at radius 1 is 1.25 bits per heavy atom. The van der Waals surface area contributed by atoms with Gasteiger partial charge in [0.2, 0.25) is 0 Å². The first kappa shape index (κ1) is 21.8. The highest BCUT2D eigenvalue weighted by Crippen LogP contribution is 2.36.